The Morgan fingerprint density at radius 2 is 1.72 bits per heavy atom. The molecule has 1 atom stereocenters. The lowest BCUT2D eigenvalue weighted by Crippen LogP contribution is -2.50. The second-order valence-corrected chi connectivity index (χ2v) is 9.00. The maximum atomic E-state index is 13.4. The average molecular weight is 439 g/mol. The van der Waals surface area contributed by atoms with Gasteiger partial charge in [-0.25, -0.2) is 0 Å². The van der Waals surface area contributed by atoms with Gasteiger partial charge in [0.05, 0.1) is 0 Å². The summed E-state index contributed by atoms with van der Waals surface area (Å²) in [6, 6.07) is 11.5. The molecule has 0 radical (unpaired) electrons. The molecule has 1 N–H and O–H groups in total. The van der Waals surface area contributed by atoms with Crippen LogP contribution in [-0.2, 0) is 16.1 Å². The first-order chi connectivity index (χ1) is 15.1. The fraction of sp³-hybridized carbons (Fsp3) is 0.481. The molecule has 0 aliphatic rings. The molecule has 0 heterocycles. The highest BCUT2D eigenvalue weighted by Crippen LogP contribution is 2.24. The van der Waals surface area contributed by atoms with Crippen LogP contribution in [0.4, 0.5) is 0 Å². The van der Waals surface area contributed by atoms with Crippen LogP contribution < -0.4 is 10.1 Å². The maximum Gasteiger partial charge on any atom is 0.261 e. The molecular formula is C27H38N2O3. The highest BCUT2D eigenvalue weighted by atomic mass is 16.5. The van der Waals surface area contributed by atoms with E-state index in [2.05, 4.69) is 25.2 Å². The van der Waals surface area contributed by atoms with Crippen molar-refractivity contribution >= 4 is 11.8 Å². The van der Waals surface area contributed by atoms with Crippen molar-refractivity contribution in [2.45, 2.75) is 67.5 Å². The van der Waals surface area contributed by atoms with E-state index in [1.807, 2.05) is 65.0 Å². The molecule has 0 bridgehead atoms. The van der Waals surface area contributed by atoms with Gasteiger partial charge in [-0.15, -0.1) is 0 Å². The Balaban J connectivity index is 2.27. The molecule has 0 aliphatic carbocycles. The Labute approximate surface area is 193 Å². The number of aryl methyl sites for hydroxylation is 3. The number of nitrogens with one attached hydrogen (secondary N) is 1. The van der Waals surface area contributed by atoms with Crippen molar-refractivity contribution in [3.05, 3.63) is 64.2 Å². The Kier molecular flexibility index (Phi) is 9.30. The second-order valence-electron chi connectivity index (χ2n) is 9.00. The summed E-state index contributed by atoms with van der Waals surface area (Å²) in [7, 11) is 0. The molecule has 5 nitrogen and oxygen atoms in total. The van der Waals surface area contributed by atoms with Crippen LogP contribution in [0.3, 0.4) is 0 Å². The Hall–Kier alpha value is -2.82. The summed E-state index contributed by atoms with van der Waals surface area (Å²) >= 11 is 0. The normalized spacial score (nSPS) is 11.9. The van der Waals surface area contributed by atoms with E-state index in [4.69, 9.17) is 4.74 Å². The second kappa shape index (κ2) is 11.7. The molecule has 0 aromatic heterocycles. The first kappa shape index (κ1) is 25.4. The van der Waals surface area contributed by atoms with E-state index in [0.29, 0.717) is 31.2 Å². The number of benzene rings is 2. The van der Waals surface area contributed by atoms with Crippen LogP contribution in [0.1, 0.15) is 55.0 Å². The van der Waals surface area contributed by atoms with Gasteiger partial charge < -0.3 is 15.0 Å². The lowest BCUT2D eigenvalue weighted by Gasteiger charge is -2.31. The molecule has 2 aromatic rings. The highest BCUT2D eigenvalue weighted by molar-refractivity contribution is 5.88. The van der Waals surface area contributed by atoms with Gasteiger partial charge in [-0.1, -0.05) is 51.1 Å². The Bertz CT molecular complexity index is 936. The zero-order chi connectivity index (χ0) is 23.8. The zero-order valence-corrected chi connectivity index (χ0v) is 20.6. The minimum absolute atomic E-state index is 0.108. The van der Waals surface area contributed by atoms with Crippen LogP contribution in [-0.4, -0.2) is 35.9 Å². The van der Waals surface area contributed by atoms with Crippen LogP contribution in [0.5, 0.6) is 5.75 Å². The number of nitrogens with zero attached hydrogens (tertiary/aromatic N) is 1. The molecule has 2 amide bonds. The van der Waals surface area contributed by atoms with Crippen LogP contribution in [0.2, 0.25) is 0 Å². The third-order valence-corrected chi connectivity index (χ3v) is 5.79. The largest absolute Gasteiger partial charge is 0.483 e. The van der Waals surface area contributed by atoms with E-state index in [1.165, 1.54) is 0 Å². The summed E-state index contributed by atoms with van der Waals surface area (Å²) < 4.78 is 5.96. The fourth-order valence-corrected chi connectivity index (χ4v) is 3.69. The van der Waals surface area contributed by atoms with Crippen LogP contribution in [0, 0.1) is 33.6 Å². The third-order valence-electron chi connectivity index (χ3n) is 5.79. The number of carbonyl (C=O) groups is 2. The summed E-state index contributed by atoms with van der Waals surface area (Å²) in [5.74, 6) is 0.737. The van der Waals surface area contributed by atoms with E-state index in [9.17, 15) is 9.59 Å². The molecule has 174 valence electrons. The van der Waals surface area contributed by atoms with Crippen molar-refractivity contribution in [3.8, 4) is 5.75 Å². The number of ether oxygens (including phenoxy) is 1. The van der Waals surface area contributed by atoms with Crippen molar-refractivity contribution in [3.63, 3.8) is 0 Å². The lowest BCUT2D eigenvalue weighted by atomic mass is 10.1. The third kappa shape index (κ3) is 6.84. The molecule has 0 unspecified atom stereocenters. The molecule has 0 fully saturated rings. The van der Waals surface area contributed by atoms with Crippen molar-refractivity contribution in [2.75, 3.05) is 13.2 Å². The molecule has 0 saturated heterocycles. The van der Waals surface area contributed by atoms with Gasteiger partial charge in [0.25, 0.3) is 5.91 Å². The molecule has 0 spiro atoms. The molecular weight excluding hydrogens is 400 g/mol. The van der Waals surface area contributed by atoms with E-state index in [1.54, 1.807) is 4.90 Å². The first-order valence-corrected chi connectivity index (χ1v) is 11.5. The van der Waals surface area contributed by atoms with E-state index in [-0.39, 0.29) is 18.4 Å². The van der Waals surface area contributed by atoms with Crippen molar-refractivity contribution in [2.24, 2.45) is 5.92 Å². The van der Waals surface area contributed by atoms with Gasteiger partial charge in [0.1, 0.15) is 11.8 Å². The standard InChI is InChI=1S/C27H38N2O3/c1-8-24(27(31)28-15-18(2)3)29(16-23-12-10-9-11-20(23)5)26(30)17-32-25-14-19(4)13-21(6)22(25)7/h9-14,18,24H,8,15-17H2,1-7H3,(H,28,31)/t24-/m0/s1. The minimum atomic E-state index is -0.551. The lowest BCUT2D eigenvalue weighted by molar-refractivity contribution is -0.143. The monoisotopic (exact) mass is 438 g/mol. The summed E-state index contributed by atoms with van der Waals surface area (Å²) in [5, 5.41) is 2.99. The van der Waals surface area contributed by atoms with Gasteiger partial charge >= 0.3 is 0 Å². The van der Waals surface area contributed by atoms with Gasteiger partial charge in [-0.05, 0) is 73.9 Å². The topological polar surface area (TPSA) is 58.6 Å². The van der Waals surface area contributed by atoms with Gasteiger partial charge in [0.15, 0.2) is 6.61 Å². The number of hydrogen-bond donors (Lipinski definition) is 1. The number of amides is 2. The quantitative estimate of drug-likeness (QED) is 0.575. The van der Waals surface area contributed by atoms with E-state index in [0.717, 1.165) is 27.8 Å². The Morgan fingerprint density at radius 3 is 2.34 bits per heavy atom. The number of rotatable bonds is 10. The van der Waals surface area contributed by atoms with Crippen molar-refractivity contribution < 1.29 is 14.3 Å². The fourth-order valence-electron chi connectivity index (χ4n) is 3.69. The summed E-state index contributed by atoms with van der Waals surface area (Å²) in [6.45, 7) is 15.0. The minimum Gasteiger partial charge on any atom is -0.483 e. The van der Waals surface area contributed by atoms with Crippen molar-refractivity contribution in [1.82, 2.24) is 10.2 Å². The molecule has 0 saturated carbocycles. The van der Waals surface area contributed by atoms with Gasteiger partial charge in [-0.2, -0.15) is 0 Å². The van der Waals surface area contributed by atoms with Crippen LogP contribution in [0.25, 0.3) is 0 Å². The summed E-state index contributed by atoms with van der Waals surface area (Å²) in [4.78, 5) is 28.0. The molecule has 5 heteroatoms. The molecule has 2 aromatic carbocycles. The molecule has 2 rings (SSSR count). The summed E-state index contributed by atoms with van der Waals surface area (Å²) in [5.41, 5.74) is 5.36. The predicted octanol–water partition coefficient (Wildman–Crippen LogP) is 4.88. The number of hydrogen-bond acceptors (Lipinski definition) is 3. The Morgan fingerprint density at radius 1 is 1.03 bits per heavy atom. The van der Waals surface area contributed by atoms with Crippen LogP contribution in [0.15, 0.2) is 36.4 Å². The van der Waals surface area contributed by atoms with Crippen molar-refractivity contribution in [1.29, 1.82) is 0 Å². The van der Waals surface area contributed by atoms with E-state index < -0.39 is 6.04 Å². The zero-order valence-electron chi connectivity index (χ0n) is 20.6. The summed E-state index contributed by atoms with van der Waals surface area (Å²) in [6.07, 6.45) is 0.532. The molecule has 32 heavy (non-hydrogen) atoms. The number of carbonyl (C=O) groups excluding carboxylic acids is 2. The maximum absolute atomic E-state index is 13.4. The van der Waals surface area contributed by atoms with Gasteiger partial charge in [0, 0.05) is 13.1 Å². The smallest absolute Gasteiger partial charge is 0.261 e. The first-order valence-electron chi connectivity index (χ1n) is 11.5. The SMILES string of the molecule is CC[C@@H](C(=O)NCC(C)C)N(Cc1ccccc1C)C(=O)COc1cc(C)cc(C)c1C. The predicted molar refractivity (Wildman–Crippen MR) is 130 cm³/mol. The molecule has 0 aliphatic heterocycles. The highest BCUT2D eigenvalue weighted by Gasteiger charge is 2.29. The average Bonchev–Trinajstić information content (AvgIpc) is 2.74. The van der Waals surface area contributed by atoms with Gasteiger partial charge in [-0.3, -0.25) is 9.59 Å². The van der Waals surface area contributed by atoms with Gasteiger partial charge in [0.2, 0.25) is 5.91 Å². The van der Waals surface area contributed by atoms with E-state index >= 15 is 0 Å². The van der Waals surface area contributed by atoms with Crippen LogP contribution >= 0.6 is 0 Å².